The van der Waals surface area contributed by atoms with E-state index in [0.29, 0.717) is 30.9 Å². The van der Waals surface area contributed by atoms with Crippen LogP contribution in [-0.2, 0) is 0 Å². The number of rotatable bonds is 1. The molecule has 2 aliphatic heterocycles. The van der Waals surface area contributed by atoms with Crippen LogP contribution in [0.5, 0.6) is 17.2 Å². The van der Waals surface area contributed by atoms with Crippen LogP contribution < -0.4 is 14.2 Å². The first kappa shape index (κ1) is 14.1. The van der Waals surface area contributed by atoms with Crippen LogP contribution in [0.1, 0.15) is 41.3 Å². The molecule has 0 spiro atoms. The van der Waals surface area contributed by atoms with Gasteiger partial charge in [0, 0.05) is 0 Å². The summed E-state index contributed by atoms with van der Waals surface area (Å²) in [5.74, 6) is 2.26. The molecule has 4 nitrogen and oxygen atoms in total. The van der Waals surface area contributed by atoms with E-state index >= 15 is 0 Å². The molecular formula is C19H18O4. The highest BCUT2D eigenvalue weighted by Gasteiger charge is 2.28. The second kappa shape index (κ2) is 5.95. The minimum absolute atomic E-state index is 0.112. The van der Waals surface area contributed by atoms with Crippen molar-refractivity contribution < 1.29 is 19.0 Å². The molecule has 1 atom stereocenters. The number of benzene rings is 2. The molecule has 0 fully saturated rings. The average molecular weight is 310 g/mol. The highest BCUT2D eigenvalue weighted by molar-refractivity contribution is 5.99. The first-order chi connectivity index (χ1) is 11.3. The van der Waals surface area contributed by atoms with Crippen LogP contribution in [-0.4, -0.2) is 19.0 Å². The topological polar surface area (TPSA) is 44.8 Å². The zero-order chi connectivity index (χ0) is 15.6. The maximum absolute atomic E-state index is 12.3. The summed E-state index contributed by atoms with van der Waals surface area (Å²) in [5, 5.41) is 0. The maximum Gasteiger partial charge on any atom is 0.170 e. The number of ether oxygens (including phenoxy) is 3. The van der Waals surface area contributed by atoms with Crippen molar-refractivity contribution in [2.45, 2.75) is 25.4 Å². The Morgan fingerprint density at radius 3 is 2.52 bits per heavy atom. The Bertz CT molecular complexity index is 738. The fourth-order valence-corrected chi connectivity index (χ4v) is 2.98. The fraction of sp³-hybridized carbons (Fsp3) is 0.316. The smallest absolute Gasteiger partial charge is 0.170 e. The van der Waals surface area contributed by atoms with Crippen molar-refractivity contribution in [2.24, 2.45) is 0 Å². The van der Waals surface area contributed by atoms with E-state index in [1.807, 2.05) is 42.5 Å². The van der Waals surface area contributed by atoms with Crippen LogP contribution in [0.2, 0.25) is 0 Å². The number of hydrogen-bond donors (Lipinski definition) is 0. The number of fused-ring (bicyclic) bond motifs is 2. The van der Waals surface area contributed by atoms with Gasteiger partial charge in [0.1, 0.15) is 11.9 Å². The molecule has 0 aromatic heterocycles. The van der Waals surface area contributed by atoms with E-state index in [-0.39, 0.29) is 11.9 Å². The third kappa shape index (κ3) is 2.77. The van der Waals surface area contributed by atoms with Gasteiger partial charge in [-0.1, -0.05) is 18.2 Å². The van der Waals surface area contributed by atoms with Crippen molar-refractivity contribution in [3.8, 4) is 17.2 Å². The lowest BCUT2D eigenvalue weighted by Crippen LogP contribution is -2.20. The van der Waals surface area contributed by atoms with Gasteiger partial charge in [-0.25, -0.2) is 0 Å². The molecule has 2 heterocycles. The van der Waals surface area contributed by atoms with Crippen LogP contribution in [0.25, 0.3) is 0 Å². The zero-order valence-corrected chi connectivity index (χ0v) is 12.8. The molecule has 4 heteroatoms. The third-order valence-electron chi connectivity index (χ3n) is 4.22. The standard InChI is InChI=1S/C19H18O4/c20-15-12-18(23-16-6-2-1-5-14(15)16)13-7-8-17-19(11-13)22-10-4-3-9-21-17/h1-2,5-8,11,18H,3-4,9-10,12H2/t18-/m1/s1. The SMILES string of the molecule is O=C1C[C@H](c2ccc3c(c2)OCCCCO3)Oc2ccccc21. The fourth-order valence-electron chi connectivity index (χ4n) is 2.98. The summed E-state index contributed by atoms with van der Waals surface area (Å²) < 4.78 is 17.5. The van der Waals surface area contributed by atoms with Crippen molar-refractivity contribution in [2.75, 3.05) is 13.2 Å². The predicted octanol–water partition coefficient (Wildman–Crippen LogP) is 3.94. The summed E-state index contributed by atoms with van der Waals surface area (Å²) in [5.41, 5.74) is 1.60. The van der Waals surface area contributed by atoms with Crippen molar-refractivity contribution in [1.82, 2.24) is 0 Å². The van der Waals surface area contributed by atoms with Crippen LogP contribution >= 0.6 is 0 Å². The van der Waals surface area contributed by atoms with Gasteiger partial charge in [-0.3, -0.25) is 4.79 Å². The van der Waals surface area contributed by atoms with Gasteiger partial charge in [0.05, 0.1) is 25.2 Å². The van der Waals surface area contributed by atoms with Crippen LogP contribution in [0.15, 0.2) is 42.5 Å². The number of carbonyl (C=O) groups excluding carboxylic acids is 1. The van der Waals surface area contributed by atoms with Crippen molar-refractivity contribution in [3.05, 3.63) is 53.6 Å². The summed E-state index contributed by atoms with van der Waals surface area (Å²) in [4.78, 5) is 12.3. The molecule has 0 unspecified atom stereocenters. The third-order valence-corrected chi connectivity index (χ3v) is 4.22. The molecule has 4 rings (SSSR count). The molecule has 0 saturated carbocycles. The van der Waals surface area contributed by atoms with E-state index in [9.17, 15) is 4.79 Å². The lowest BCUT2D eigenvalue weighted by molar-refractivity contribution is 0.0849. The highest BCUT2D eigenvalue weighted by atomic mass is 16.5. The minimum atomic E-state index is -0.281. The lowest BCUT2D eigenvalue weighted by atomic mass is 9.96. The zero-order valence-electron chi connectivity index (χ0n) is 12.8. The second-order valence-corrected chi connectivity index (χ2v) is 5.84. The van der Waals surface area contributed by atoms with E-state index in [4.69, 9.17) is 14.2 Å². The predicted molar refractivity (Wildman–Crippen MR) is 85.4 cm³/mol. The van der Waals surface area contributed by atoms with E-state index in [0.717, 1.165) is 29.9 Å². The Morgan fingerprint density at radius 2 is 1.65 bits per heavy atom. The maximum atomic E-state index is 12.3. The van der Waals surface area contributed by atoms with Gasteiger partial charge >= 0.3 is 0 Å². The molecule has 0 bridgehead atoms. The van der Waals surface area contributed by atoms with E-state index in [2.05, 4.69) is 0 Å². The first-order valence-electron chi connectivity index (χ1n) is 8.00. The summed E-state index contributed by atoms with van der Waals surface area (Å²) in [7, 11) is 0. The summed E-state index contributed by atoms with van der Waals surface area (Å²) in [6.07, 6.45) is 2.04. The van der Waals surface area contributed by atoms with Crippen LogP contribution in [0, 0.1) is 0 Å². The Kier molecular flexibility index (Phi) is 3.66. The number of hydrogen-bond acceptors (Lipinski definition) is 4. The Morgan fingerprint density at radius 1 is 0.870 bits per heavy atom. The summed E-state index contributed by atoms with van der Waals surface area (Å²) in [6.45, 7) is 1.40. The molecule has 0 saturated heterocycles. The monoisotopic (exact) mass is 310 g/mol. The van der Waals surface area contributed by atoms with Gasteiger partial charge in [0.2, 0.25) is 0 Å². The average Bonchev–Trinajstić information content (AvgIpc) is 2.55. The van der Waals surface area contributed by atoms with Crippen LogP contribution in [0.3, 0.4) is 0 Å². The van der Waals surface area contributed by atoms with Crippen molar-refractivity contribution in [3.63, 3.8) is 0 Å². The molecule has 0 aliphatic carbocycles. The van der Waals surface area contributed by atoms with Gasteiger partial charge in [-0.2, -0.15) is 0 Å². The molecule has 118 valence electrons. The second-order valence-electron chi connectivity index (χ2n) is 5.84. The van der Waals surface area contributed by atoms with Gasteiger partial charge < -0.3 is 14.2 Å². The largest absolute Gasteiger partial charge is 0.490 e. The number of carbonyl (C=O) groups is 1. The molecule has 0 radical (unpaired) electrons. The minimum Gasteiger partial charge on any atom is -0.490 e. The summed E-state index contributed by atoms with van der Waals surface area (Å²) in [6, 6.07) is 13.2. The molecule has 2 aromatic rings. The van der Waals surface area contributed by atoms with Crippen LogP contribution in [0.4, 0.5) is 0 Å². The van der Waals surface area contributed by atoms with Crippen molar-refractivity contribution in [1.29, 1.82) is 0 Å². The molecule has 0 amide bonds. The molecule has 23 heavy (non-hydrogen) atoms. The Balaban J connectivity index is 1.64. The van der Waals surface area contributed by atoms with Gasteiger partial charge in [-0.15, -0.1) is 0 Å². The van der Waals surface area contributed by atoms with Gasteiger partial charge in [0.25, 0.3) is 0 Å². The quantitative estimate of drug-likeness (QED) is 0.800. The van der Waals surface area contributed by atoms with E-state index in [1.165, 1.54) is 0 Å². The van der Waals surface area contributed by atoms with E-state index < -0.39 is 0 Å². The lowest BCUT2D eigenvalue weighted by Gasteiger charge is -2.26. The molecule has 2 aliphatic rings. The normalized spacial score (nSPS) is 20.0. The molecule has 2 aromatic carbocycles. The highest BCUT2D eigenvalue weighted by Crippen LogP contribution is 2.38. The van der Waals surface area contributed by atoms with Gasteiger partial charge in [0.15, 0.2) is 17.3 Å². The number of Topliss-reactive ketones (excluding diaryl/α,β-unsaturated/α-hetero) is 1. The van der Waals surface area contributed by atoms with Gasteiger partial charge in [-0.05, 0) is 42.7 Å². The van der Waals surface area contributed by atoms with Crippen molar-refractivity contribution >= 4 is 5.78 Å². The number of para-hydroxylation sites is 1. The number of ketones is 1. The summed E-state index contributed by atoms with van der Waals surface area (Å²) >= 11 is 0. The Hall–Kier alpha value is -2.49. The molecular weight excluding hydrogens is 292 g/mol. The Labute approximate surface area is 135 Å². The van der Waals surface area contributed by atoms with E-state index in [1.54, 1.807) is 0 Å². The molecule has 0 N–H and O–H groups in total. The first-order valence-corrected chi connectivity index (χ1v) is 8.00.